The minimum atomic E-state index is -3.83. The number of benzene rings is 1. The normalized spacial score (nSPS) is 11.4. The molecule has 1 N–H and O–H groups in total. The maximum Gasteiger partial charge on any atom is 0.264 e. The van der Waals surface area contributed by atoms with Gasteiger partial charge < -0.3 is 0 Å². The molecule has 4 nitrogen and oxygen atoms in total. The Morgan fingerprint density at radius 2 is 1.94 bits per heavy atom. The highest BCUT2D eigenvalue weighted by Crippen LogP contribution is 2.14. The van der Waals surface area contributed by atoms with Gasteiger partial charge in [-0.3, -0.25) is 5.21 Å². The predicted octanol–water partition coefficient (Wildman–Crippen LogP) is 1.40. The summed E-state index contributed by atoms with van der Waals surface area (Å²) < 4.78 is 23.8. The first-order chi connectivity index (χ1) is 7.48. The monoisotopic (exact) mass is 239 g/mol. The Kier molecular flexibility index (Phi) is 4.07. The van der Waals surface area contributed by atoms with Crippen LogP contribution >= 0.6 is 0 Å². The molecule has 0 fully saturated rings. The van der Waals surface area contributed by atoms with Gasteiger partial charge in [-0.15, -0.1) is 12.3 Å². The minimum absolute atomic E-state index is 0.0534. The number of aryl methyl sites for hydroxylation is 1. The molecule has 0 heterocycles. The van der Waals surface area contributed by atoms with Crippen molar-refractivity contribution in [3.63, 3.8) is 0 Å². The van der Waals surface area contributed by atoms with E-state index >= 15 is 0 Å². The summed E-state index contributed by atoms with van der Waals surface area (Å²) in [5.74, 6) is 2.27. The number of nitrogens with zero attached hydrogens (tertiary/aromatic N) is 1. The zero-order chi connectivity index (χ0) is 12.2. The van der Waals surface area contributed by atoms with Gasteiger partial charge in [0, 0.05) is 6.42 Å². The van der Waals surface area contributed by atoms with Gasteiger partial charge in [0.25, 0.3) is 10.0 Å². The van der Waals surface area contributed by atoms with Crippen molar-refractivity contribution >= 4 is 10.0 Å². The molecule has 1 aromatic carbocycles. The van der Waals surface area contributed by atoms with Gasteiger partial charge in [-0.2, -0.15) is 0 Å². The smallest absolute Gasteiger partial charge is 0.264 e. The Morgan fingerprint density at radius 1 is 1.38 bits per heavy atom. The molecule has 0 atom stereocenters. The molecule has 0 aliphatic rings. The molecule has 0 spiro atoms. The summed E-state index contributed by atoms with van der Waals surface area (Å²) in [6, 6.07) is 6.23. The lowest BCUT2D eigenvalue weighted by Crippen LogP contribution is -2.28. The summed E-state index contributed by atoms with van der Waals surface area (Å²) in [6.07, 6.45) is 5.16. The second-order valence-corrected chi connectivity index (χ2v) is 5.16. The molecule has 0 amide bonds. The Morgan fingerprint density at radius 3 is 2.44 bits per heavy atom. The number of rotatable bonds is 4. The summed E-state index contributed by atoms with van der Waals surface area (Å²) in [4.78, 5) is 0.0534. The van der Waals surface area contributed by atoms with Gasteiger partial charge in [-0.05, 0) is 19.1 Å². The van der Waals surface area contributed by atoms with E-state index in [0.717, 1.165) is 5.56 Å². The van der Waals surface area contributed by atoms with Crippen molar-refractivity contribution in [3.05, 3.63) is 29.8 Å². The minimum Gasteiger partial charge on any atom is -0.299 e. The van der Waals surface area contributed by atoms with Crippen LogP contribution in [-0.2, 0) is 10.0 Å². The van der Waals surface area contributed by atoms with E-state index < -0.39 is 10.0 Å². The van der Waals surface area contributed by atoms with E-state index in [4.69, 9.17) is 6.42 Å². The molecule has 0 radical (unpaired) electrons. The second kappa shape index (κ2) is 5.12. The Balaban J connectivity index is 2.94. The summed E-state index contributed by atoms with van der Waals surface area (Å²) in [5.41, 5.74) is 0.951. The molecule has 0 saturated carbocycles. The summed E-state index contributed by atoms with van der Waals surface area (Å²) in [5, 5.41) is 9.38. The van der Waals surface area contributed by atoms with Crippen LogP contribution < -0.4 is 0 Å². The van der Waals surface area contributed by atoms with Crippen LogP contribution in [0, 0.1) is 19.3 Å². The molecule has 0 aliphatic carbocycles. The highest BCUT2D eigenvalue weighted by atomic mass is 32.2. The van der Waals surface area contributed by atoms with Crippen LogP contribution in [0.1, 0.15) is 12.0 Å². The van der Waals surface area contributed by atoms with Crippen LogP contribution in [0.5, 0.6) is 0 Å². The summed E-state index contributed by atoms with van der Waals surface area (Å²) in [7, 11) is -3.83. The number of terminal acetylenes is 1. The number of hydrogen-bond acceptors (Lipinski definition) is 3. The van der Waals surface area contributed by atoms with Crippen LogP contribution in [0.3, 0.4) is 0 Å². The quantitative estimate of drug-likeness (QED) is 0.638. The largest absolute Gasteiger partial charge is 0.299 e. The maximum atomic E-state index is 11.8. The predicted molar refractivity (Wildman–Crippen MR) is 60.3 cm³/mol. The van der Waals surface area contributed by atoms with Gasteiger partial charge in [0.15, 0.2) is 0 Å². The van der Waals surface area contributed by atoms with Crippen LogP contribution in [-0.4, -0.2) is 24.6 Å². The molecular formula is C11H13NO3S. The van der Waals surface area contributed by atoms with Gasteiger partial charge in [0.2, 0.25) is 0 Å². The highest BCUT2D eigenvalue weighted by Gasteiger charge is 2.21. The van der Waals surface area contributed by atoms with E-state index in [1.54, 1.807) is 12.1 Å². The van der Waals surface area contributed by atoms with Gasteiger partial charge in [-0.1, -0.05) is 22.2 Å². The van der Waals surface area contributed by atoms with Crippen LogP contribution in [0.25, 0.3) is 0 Å². The highest BCUT2D eigenvalue weighted by molar-refractivity contribution is 7.89. The van der Waals surface area contributed by atoms with Gasteiger partial charge in [0.05, 0.1) is 11.4 Å². The van der Waals surface area contributed by atoms with E-state index in [0.29, 0.717) is 0 Å². The summed E-state index contributed by atoms with van der Waals surface area (Å²) in [6.45, 7) is 1.75. The SMILES string of the molecule is C#CCCN(O)S(=O)(=O)c1ccc(C)cc1. The fourth-order valence-electron chi connectivity index (χ4n) is 1.11. The van der Waals surface area contributed by atoms with Gasteiger partial charge in [-0.25, -0.2) is 8.42 Å². The van der Waals surface area contributed by atoms with Crippen molar-refractivity contribution in [1.29, 1.82) is 0 Å². The zero-order valence-corrected chi connectivity index (χ0v) is 9.74. The molecule has 1 aromatic rings. The van der Waals surface area contributed by atoms with Crippen molar-refractivity contribution < 1.29 is 13.6 Å². The van der Waals surface area contributed by atoms with Crippen LogP contribution in [0.15, 0.2) is 29.2 Å². The van der Waals surface area contributed by atoms with E-state index in [9.17, 15) is 13.6 Å². The average molecular weight is 239 g/mol. The molecule has 86 valence electrons. The van der Waals surface area contributed by atoms with Crippen molar-refractivity contribution in [1.82, 2.24) is 4.47 Å². The lowest BCUT2D eigenvalue weighted by atomic mass is 10.2. The third-order valence-electron chi connectivity index (χ3n) is 2.04. The lowest BCUT2D eigenvalue weighted by molar-refractivity contribution is 0.00547. The topological polar surface area (TPSA) is 57.6 Å². The van der Waals surface area contributed by atoms with E-state index in [1.165, 1.54) is 12.1 Å². The standard InChI is InChI=1S/C11H13NO3S/c1-3-4-9-12(13)16(14,15)11-7-5-10(2)6-8-11/h1,5-8,13H,4,9H2,2H3. The molecule has 0 aliphatic heterocycles. The number of sulfonamides is 1. The molecular weight excluding hydrogens is 226 g/mol. The number of hydroxylamine groups is 1. The van der Waals surface area contributed by atoms with Gasteiger partial charge >= 0.3 is 0 Å². The zero-order valence-electron chi connectivity index (χ0n) is 8.92. The van der Waals surface area contributed by atoms with Crippen molar-refractivity contribution in [3.8, 4) is 12.3 Å². The third kappa shape index (κ3) is 2.83. The van der Waals surface area contributed by atoms with Crippen LogP contribution in [0.4, 0.5) is 0 Å². The molecule has 0 aromatic heterocycles. The third-order valence-corrected chi connectivity index (χ3v) is 3.65. The van der Waals surface area contributed by atoms with E-state index in [2.05, 4.69) is 5.92 Å². The fourth-order valence-corrected chi connectivity index (χ4v) is 2.17. The molecule has 0 saturated heterocycles. The molecule has 0 unspecified atom stereocenters. The van der Waals surface area contributed by atoms with Crippen molar-refractivity contribution in [2.45, 2.75) is 18.2 Å². The first kappa shape index (κ1) is 12.7. The van der Waals surface area contributed by atoms with Gasteiger partial charge in [0.1, 0.15) is 0 Å². The van der Waals surface area contributed by atoms with E-state index in [1.807, 2.05) is 6.92 Å². The van der Waals surface area contributed by atoms with Crippen LogP contribution in [0.2, 0.25) is 0 Å². The Labute approximate surface area is 95.5 Å². The Bertz CT molecular complexity index is 485. The molecule has 0 bridgehead atoms. The maximum absolute atomic E-state index is 11.8. The first-order valence-electron chi connectivity index (χ1n) is 4.70. The average Bonchev–Trinajstić information content (AvgIpc) is 2.26. The van der Waals surface area contributed by atoms with E-state index in [-0.39, 0.29) is 22.3 Å². The van der Waals surface area contributed by atoms with Crippen molar-refractivity contribution in [2.75, 3.05) is 6.54 Å². The molecule has 1 rings (SSSR count). The van der Waals surface area contributed by atoms with Crippen molar-refractivity contribution in [2.24, 2.45) is 0 Å². The summed E-state index contributed by atoms with van der Waals surface area (Å²) >= 11 is 0. The second-order valence-electron chi connectivity index (χ2n) is 3.32. The molecule has 5 heteroatoms. The fraction of sp³-hybridized carbons (Fsp3) is 0.273. The Hall–Kier alpha value is -1.35. The first-order valence-corrected chi connectivity index (χ1v) is 6.14. The lowest BCUT2D eigenvalue weighted by Gasteiger charge is -2.13. The number of hydrogen-bond donors (Lipinski definition) is 1. The molecule has 16 heavy (non-hydrogen) atoms.